The van der Waals surface area contributed by atoms with Gasteiger partial charge in [-0.2, -0.15) is 0 Å². The third-order valence-corrected chi connectivity index (χ3v) is 7.18. The Labute approximate surface area is 238 Å². The lowest BCUT2D eigenvalue weighted by Crippen LogP contribution is -2.40. The standard InChI is InChI=1S/C32H32N2O7/c1-2-3-18-39-23-14-12-22(13-15-23)19-33(20-31(37)41-34-29(35)16-17-30(34)36)32(38)40-21-28-26-10-6-4-8-24(26)25-9-5-7-11-27(25)28/h4-15,28H,2-3,16-21H2,1H3. The lowest BCUT2D eigenvalue weighted by molar-refractivity contribution is -0.197. The summed E-state index contributed by atoms with van der Waals surface area (Å²) in [5.41, 5.74) is 5.08. The van der Waals surface area contributed by atoms with Crippen LogP contribution in [-0.2, 0) is 30.5 Å². The van der Waals surface area contributed by atoms with Crippen molar-refractivity contribution in [2.45, 2.75) is 45.1 Å². The first-order valence-corrected chi connectivity index (χ1v) is 13.8. The number of amides is 3. The number of hydrogen-bond donors (Lipinski definition) is 0. The smallest absolute Gasteiger partial charge is 0.410 e. The molecule has 0 saturated carbocycles. The average molecular weight is 557 g/mol. The molecule has 1 fully saturated rings. The minimum absolute atomic E-state index is 0.0190. The molecular formula is C32H32N2O7. The topological polar surface area (TPSA) is 102 Å². The Morgan fingerprint density at radius 2 is 1.49 bits per heavy atom. The molecule has 9 heteroatoms. The van der Waals surface area contributed by atoms with Crippen molar-refractivity contribution in [2.24, 2.45) is 0 Å². The first-order valence-electron chi connectivity index (χ1n) is 13.8. The molecule has 9 nitrogen and oxygen atoms in total. The van der Waals surface area contributed by atoms with E-state index in [2.05, 4.69) is 19.1 Å². The Bertz CT molecular complexity index is 1370. The van der Waals surface area contributed by atoms with Crippen LogP contribution < -0.4 is 4.74 Å². The molecule has 0 radical (unpaired) electrons. The summed E-state index contributed by atoms with van der Waals surface area (Å²) >= 11 is 0. The van der Waals surface area contributed by atoms with Gasteiger partial charge in [-0.3, -0.25) is 14.5 Å². The fourth-order valence-corrected chi connectivity index (χ4v) is 5.06. The van der Waals surface area contributed by atoms with Crippen molar-refractivity contribution in [3.8, 4) is 16.9 Å². The third-order valence-electron chi connectivity index (χ3n) is 7.18. The number of carbonyl (C=O) groups excluding carboxylic acids is 4. The Morgan fingerprint density at radius 1 is 0.878 bits per heavy atom. The van der Waals surface area contributed by atoms with Gasteiger partial charge in [0.05, 0.1) is 6.61 Å². The molecule has 2 aliphatic rings. The highest BCUT2D eigenvalue weighted by molar-refractivity contribution is 6.01. The molecule has 0 bridgehead atoms. The van der Waals surface area contributed by atoms with E-state index in [0.717, 1.165) is 40.7 Å². The summed E-state index contributed by atoms with van der Waals surface area (Å²) in [7, 11) is 0. The van der Waals surface area contributed by atoms with Crippen molar-refractivity contribution in [2.75, 3.05) is 19.8 Å². The van der Waals surface area contributed by atoms with Gasteiger partial charge in [0.25, 0.3) is 11.8 Å². The highest BCUT2D eigenvalue weighted by atomic mass is 16.7. The first kappa shape index (κ1) is 27.9. The van der Waals surface area contributed by atoms with E-state index in [0.29, 0.717) is 17.4 Å². The van der Waals surface area contributed by atoms with Gasteiger partial charge in [0.2, 0.25) is 0 Å². The quantitative estimate of drug-likeness (QED) is 0.236. The number of ether oxygens (including phenoxy) is 2. The van der Waals surface area contributed by atoms with Crippen molar-refractivity contribution in [3.05, 3.63) is 89.5 Å². The highest BCUT2D eigenvalue weighted by Crippen LogP contribution is 2.44. The molecule has 5 rings (SSSR count). The zero-order valence-corrected chi connectivity index (χ0v) is 22.9. The summed E-state index contributed by atoms with van der Waals surface area (Å²) in [5.74, 6) is -1.54. The fourth-order valence-electron chi connectivity index (χ4n) is 5.06. The molecule has 1 saturated heterocycles. The maximum atomic E-state index is 13.4. The lowest BCUT2D eigenvalue weighted by Gasteiger charge is -2.23. The number of nitrogens with zero attached hydrogens (tertiary/aromatic N) is 2. The molecule has 1 aliphatic heterocycles. The van der Waals surface area contributed by atoms with E-state index < -0.39 is 30.4 Å². The first-order chi connectivity index (χ1) is 19.9. The fraction of sp³-hybridized carbons (Fsp3) is 0.312. The van der Waals surface area contributed by atoms with Gasteiger partial charge >= 0.3 is 12.1 Å². The van der Waals surface area contributed by atoms with Gasteiger partial charge in [0.15, 0.2) is 0 Å². The second-order valence-corrected chi connectivity index (χ2v) is 10.1. The van der Waals surface area contributed by atoms with E-state index in [9.17, 15) is 19.2 Å². The number of hydroxylamine groups is 2. The van der Waals surface area contributed by atoms with Crippen LogP contribution in [0.15, 0.2) is 72.8 Å². The number of unbranched alkanes of at least 4 members (excludes halogenated alkanes) is 1. The van der Waals surface area contributed by atoms with E-state index in [4.69, 9.17) is 14.3 Å². The van der Waals surface area contributed by atoms with Gasteiger partial charge in [-0.25, -0.2) is 9.59 Å². The molecule has 0 aromatic heterocycles. The van der Waals surface area contributed by atoms with E-state index in [-0.39, 0.29) is 31.9 Å². The van der Waals surface area contributed by atoms with Gasteiger partial charge in [0.1, 0.15) is 18.9 Å². The SMILES string of the molecule is CCCCOc1ccc(CN(CC(=O)ON2C(=O)CCC2=O)C(=O)OCC2c3ccccc3-c3ccccc32)cc1. The number of carbonyl (C=O) groups is 4. The van der Waals surface area contributed by atoms with Crippen LogP contribution in [0.3, 0.4) is 0 Å². The van der Waals surface area contributed by atoms with Crippen LogP contribution >= 0.6 is 0 Å². The lowest BCUT2D eigenvalue weighted by atomic mass is 9.98. The number of benzene rings is 3. The second-order valence-electron chi connectivity index (χ2n) is 10.1. The van der Waals surface area contributed by atoms with Gasteiger partial charge in [0, 0.05) is 25.3 Å². The Balaban J connectivity index is 1.29. The van der Waals surface area contributed by atoms with Crippen LogP contribution in [-0.4, -0.2) is 53.6 Å². The third kappa shape index (κ3) is 6.40. The molecule has 0 atom stereocenters. The second kappa shape index (κ2) is 12.7. The van der Waals surface area contributed by atoms with Crippen LogP contribution in [0, 0.1) is 0 Å². The van der Waals surface area contributed by atoms with Crippen LogP contribution in [0.5, 0.6) is 5.75 Å². The Kier molecular flexibility index (Phi) is 8.62. The van der Waals surface area contributed by atoms with Gasteiger partial charge in [-0.05, 0) is 46.4 Å². The number of rotatable bonds is 11. The highest BCUT2D eigenvalue weighted by Gasteiger charge is 2.34. The van der Waals surface area contributed by atoms with Gasteiger partial charge in [-0.1, -0.05) is 74.0 Å². The minimum Gasteiger partial charge on any atom is -0.494 e. The van der Waals surface area contributed by atoms with E-state index in [1.165, 1.54) is 4.90 Å². The predicted molar refractivity (Wildman–Crippen MR) is 150 cm³/mol. The predicted octanol–water partition coefficient (Wildman–Crippen LogP) is 5.22. The van der Waals surface area contributed by atoms with Gasteiger partial charge in [-0.15, -0.1) is 5.06 Å². The summed E-state index contributed by atoms with van der Waals surface area (Å²) in [5, 5.41) is 0.473. The molecule has 212 valence electrons. The average Bonchev–Trinajstić information content (AvgIpc) is 3.48. The minimum atomic E-state index is -0.915. The van der Waals surface area contributed by atoms with E-state index >= 15 is 0 Å². The summed E-state index contributed by atoms with van der Waals surface area (Å²) in [6, 6.07) is 23.3. The van der Waals surface area contributed by atoms with Crippen LogP contribution in [0.1, 0.15) is 55.2 Å². The molecule has 1 heterocycles. The van der Waals surface area contributed by atoms with Crippen molar-refractivity contribution in [1.82, 2.24) is 9.96 Å². The van der Waals surface area contributed by atoms with Gasteiger partial charge < -0.3 is 14.3 Å². The van der Waals surface area contributed by atoms with E-state index in [1.54, 1.807) is 12.1 Å². The van der Waals surface area contributed by atoms with Crippen LogP contribution in [0.25, 0.3) is 11.1 Å². The van der Waals surface area contributed by atoms with Crippen molar-refractivity contribution < 1.29 is 33.5 Å². The summed E-state index contributed by atoms with van der Waals surface area (Å²) in [6.45, 7) is 2.31. The largest absolute Gasteiger partial charge is 0.494 e. The Morgan fingerprint density at radius 3 is 2.10 bits per heavy atom. The maximum absolute atomic E-state index is 13.4. The number of hydrogen-bond acceptors (Lipinski definition) is 7. The van der Waals surface area contributed by atoms with Crippen molar-refractivity contribution >= 4 is 23.9 Å². The summed E-state index contributed by atoms with van der Waals surface area (Å²) < 4.78 is 11.5. The monoisotopic (exact) mass is 556 g/mol. The maximum Gasteiger partial charge on any atom is 0.410 e. The molecule has 3 amide bonds. The van der Waals surface area contributed by atoms with Crippen LogP contribution in [0.4, 0.5) is 4.79 Å². The molecule has 3 aromatic carbocycles. The summed E-state index contributed by atoms with van der Waals surface area (Å²) in [4.78, 5) is 56.2. The summed E-state index contributed by atoms with van der Waals surface area (Å²) in [6.07, 6.45) is 1.22. The normalized spacial score (nSPS) is 14.0. The van der Waals surface area contributed by atoms with Crippen molar-refractivity contribution in [3.63, 3.8) is 0 Å². The molecule has 0 N–H and O–H groups in total. The van der Waals surface area contributed by atoms with Crippen LogP contribution in [0.2, 0.25) is 0 Å². The molecule has 41 heavy (non-hydrogen) atoms. The number of fused-ring (bicyclic) bond motifs is 3. The zero-order valence-electron chi connectivity index (χ0n) is 22.9. The number of imide groups is 1. The molecule has 1 aliphatic carbocycles. The Hall–Kier alpha value is -4.66. The molecule has 0 unspecified atom stereocenters. The molecular weight excluding hydrogens is 524 g/mol. The zero-order chi connectivity index (χ0) is 28.8. The molecule has 0 spiro atoms. The molecule has 3 aromatic rings. The van der Waals surface area contributed by atoms with Crippen molar-refractivity contribution in [1.29, 1.82) is 0 Å². The van der Waals surface area contributed by atoms with E-state index in [1.807, 2.05) is 48.5 Å².